The molecule has 3 heterocycles. The van der Waals surface area contributed by atoms with E-state index in [0.717, 1.165) is 55.6 Å². The van der Waals surface area contributed by atoms with Crippen molar-refractivity contribution in [3.05, 3.63) is 54.3 Å². The molecule has 1 N–H and O–H groups in total. The number of alkyl halides is 1. The van der Waals surface area contributed by atoms with E-state index in [1.165, 1.54) is 6.92 Å². The van der Waals surface area contributed by atoms with Gasteiger partial charge in [-0.25, -0.2) is 13.9 Å². The Morgan fingerprint density at radius 2 is 1.95 bits per heavy atom. The van der Waals surface area contributed by atoms with E-state index < -0.39 is 11.1 Å². The van der Waals surface area contributed by atoms with E-state index in [2.05, 4.69) is 25.5 Å². The summed E-state index contributed by atoms with van der Waals surface area (Å²) in [6.45, 7) is 1.98. The molecule has 2 amide bonds. The van der Waals surface area contributed by atoms with Gasteiger partial charge in [0, 0.05) is 37.1 Å². The average Bonchev–Trinajstić information content (AvgIpc) is 3.52. The van der Waals surface area contributed by atoms with Crippen LogP contribution in [-0.4, -0.2) is 48.8 Å². The lowest BCUT2D eigenvalue weighted by Gasteiger charge is -2.65. The van der Waals surface area contributed by atoms with E-state index in [1.807, 2.05) is 41.3 Å². The van der Waals surface area contributed by atoms with Crippen molar-refractivity contribution in [2.75, 3.05) is 16.8 Å². The number of nitrogens with zero attached hydrogens (tertiary/aromatic N) is 6. The van der Waals surface area contributed by atoms with E-state index >= 15 is 0 Å². The maximum Gasteiger partial charge on any atom is 0.233 e. The van der Waals surface area contributed by atoms with Gasteiger partial charge in [-0.15, -0.1) is 0 Å². The molecular formula is C30H32FN7O3. The molecule has 0 aliphatic heterocycles. The van der Waals surface area contributed by atoms with E-state index in [-0.39, 0.29) is 11.8 Å². The summed E-state index contributed by atoms with van der Waals surface area (Å²) in [6.07, 6.45) is 8.25. The first-order valence-corrected chi connectivity index (χ1v) is 14.4. The fraction of sp³-hybridized carbons (Fsp3) is 0.467. The Bertz CT molecular complexity index is 1620. The number of rotatable bonds is 11. The van der Waals surface area contributed by atoms with Crippen LogP contribution in [0.15, 0.2) is 47.1 Å². The standard InChI is InChI=1S/C30H32FN7O3/c1-19(39)32-24-15-38-25(33-24)12-11-23(35-38)21-6-5-7-22(14-21)37(28(40)29-16-30(31,17-29)18-29)13-4-2-3-8-26-34-27(36-41-26)20-9-10-20/h5-7,11-12,14-15,20H,2-4,8-10,13,16-18H2,1H3,(H,32,39). The van der Waals surface area contributed by atoms with E-state index in [1.54, 1.807) is 10.7 Å². The zero-order valence-electron chi connectivity index (χ0n) is 23.0. The van der Waals surface area contributed by atoms with Crippen molar-refractivity contribution in [1.29, 1.82) is 0 Å². The highest BCUT2D eigenvalue weighted by Gasteiger charge is 2.73. The van der Waals surface area contributed by atoms with Crippen LogP contribution in [0, 0.1) is 5.41 Å². The number of aromatic nitrogens is 5. The second kappa shape index (κ2) is 9.74. The van der Waals surface area contributed by atoms with Crippen molar-refractivity contribution >= 4 is 29.0 Å². The van der Waals surface area contributed by atoms with Gasteiger partial charge in [-0.2, -0.15) is 10.1 Å². The Labute approximate surface area is 236 Å². The summed E-state index contributed by atoms with van der Waals surface area (Å²) < 4.78 is 21.4. The molecule has 4 fully saturated rings. The average molecular weight is 558 g/mol. The molecule has 4 aliphatic carbocycles. The summed E-state index contributed by atoms with van der Waals surface area (Å²) >= 11 is 0. The predicted molar refractivity (Wildman–Crippen MR) is 149 cm³/mol. The van der Waals surface area contributed by atoms with E-state index in [9.17, 15) is 14.0 Å². The number of benzene rings is 1. The quantitative estimate of drug-likeness (QED) is 0.250. The summed E-state index contributed by atoms with van der Waals surface area (Å²) in [5, 5.41) is 11.4. The van der Waals surface area contributed by atoms with E-state index in [4.69, 9.17) is 4.52 Å². The Morgan fingerprint density at radius 3 is 2.71 bits per heavy atom. The molecule has 1 aromatic carbocycles. The van der Waals surface area contributed by atoms with Gasteiger partial charge in [0.1, 0.15) is 5.67 Å². The maximum absolute atomic E-state index is 14.4. The minimum absolute atomic E-state index is 0.0121. The Morgan fingerprint density at radius 1 is 1.12 bits per heavy atom. The second-order valence-corrected chi connectivity index (χ2v) is 11.9. The van der Waals surface area contributed by atoms with Crippen molar-refractivity contribution in [2.45, 2.75) is 76.3 Å². The van der Waals surface area contributed by atoms with Crippen molar-refractivity contribution in [1.82, 2.24) is 24.7 Å². The third kappa shape index (κ3) is 4.98. The third-order valence-electron chi connectivity index (χ3n) is 8.44. The van der Waals surface area contributed by atoms with Crippen LogP contribution in [0.4, 0.5) is 15.9 Å². The molecule has 8 rings (SSSR count). The summed E-state index contributed by atoms with van der Waals surface area (Å²) in [5.41, 5.74) is 1.23. The van der Waals surface area contributed by atoms with Crippen molar-refractivity contribution in [3.8, 4) is 11.3 Å². The molecular weight excluding hydrogens is 525 g/mol. The molecule has 4 aromatic rings. The molecule has 0 unspecified atom stereocenters. The lowest BCUT2D eigenvalue weighted by molar-refractivity contribution is -0.211. The van der Waals surface area contributed by atoms with Gasteiger partial charge >= 0.3 is 0 Å². The largest absolute Gasteiger partial charge is 0.339 e. The molecule has 4 aliphatic rings. The van der Waals surface area contributed by atoms with Crippen LogP contribution in [-0.2, 0) is 16.0 Å². The number of aryl methyl sites for hydroxylation is 1. The SMILES string of the molecule is CC(=O)Nc1cn2nc(-c3cccc(N(CCCCCc4nc(C5CC5)no4)C(=O)C45CC(F)(C4)C5)c3)ccc2n1. The molecule has 4 saturated carbocycles. The monoisotopic (exact) mass is 557 g/mol. The van der Waals surface area contributed by atoms with Crippen LogP contribution < -0.4 is 10.2 Å². The highest BCUT2D eigenvalue weighted by Crippen LogP contribution is 2.70. The van der Waals surface area contributed by atoms with Gasteiger partial charge in [-0.05, 0) is 69.2 Å². The minimum atomic E-state index is -1.15. The number of anilines is 2. The summed E-state index contributed by atoms with van der Waals surface area (Å²) in [7, 11) is 0. The summed E-state index contributed by atoms with van der Waals surface area (Å²) in [4.78, 5) is 35.9. The molecule has 0 spiro atoms. The number of unbranched alkanes of at least 4 members (excludes halogenated alkanes) is 2. The third-order valence-corrected chi connectivity index (χ3v) is 8.44. The van der Waals surface area contributed by atoms with Crippen LogP contribution in [0.3, 0.4) is 0 Å². The van der Waals surface area contributed by atoms with Crippen LogP contribution in [0.2, 0.25) is 0 Å². The maximum atomic E-state index is 14.4. The first-order valence-electron chi connectivity index (χ1n) is 14.4. The zero-order valence-corrected chi connectivity index (χ0v) is 23.0. The number of fused-ring (bicyclic) bond motifs is 1. The number of amides is 2. The highest BCUT2D eigenvalue weighted by molar-refractivity contribution is 6.00. The smallest absolute Gasteiger partial charge is 0.233 e. The lowest BCUT2D eigenvalue weighted by Crippen LogP contribution is -2.70. The number of carbonyl (C=O) groups is 2. The Kier molecular flexibility index (Phi) is 6.13. The predicted octanol–water partition coefficient (Wildman–Crippen LogP) is 5.25. The Hall–Kier alpha value is -4.15. The van der Waals surface area contributed by atoms with E-state index in [0.29, 0.717) is 54.8 Å². The zero-order chi connectivity index (χ0) is 28.2. The highest BCUT2D eigenvalue weighted by atomic mass is 19.1. The first kappa shape index (κ1) is 25.8. The molecule has 0 saturated heterocycles. The van der Waals surface area contributed by atoms with Gasteiger partial charge in [0.25, 0.3) is 0 Å². The summed E-state index contributed by atoms with van der Waals surface area (Å²) in [5.74, 6) is 2.22. The second-order valence-electron chi connectivity index (χ2n) is 11.9. The van der Waals surface area contributed by atoms with Crippen LogP contribution in [0.5, 0.6) is 0 Å². The molecule has 3 aromatic heterocycles. The molecule has 212 valence electrons. The molecule has 2 bridgehead atoms. The van der Waals surface area contributed by atoms with Gasteiger partial charge in [0.05, 0.1) is 17.3 Å². The minimum Gasteiger partial charge on any atom is -0.339 e. The van der Waals surface area contributed by atoms with Gasteiger partial charge in [0.2, 0.25) is 17.7 Å². The fourth-order valence-electron chi connectivity index (χ4n) is 6.23. The lowest BCUT2D eigenvalue weighted by atomic mass is 9.42. The molecule has 10 nitrogen and oxygen atoms in total. The Balaban J connectivity index is 1.06. The van der Waals surface area contributed by atoms with Crippen molar-refractivity contribution < 1.29 is 18.5 Å². The molecule has 11 heteroatoms. The number of carbonyl (C=O) groups excluding carboxylic acids is 2. The first-order chi connectivity index (χ1) is 19.8. The fourth-order valence-corrected chi connectivity index (χ4v) is 6.23. The molecule has 0 atom stereocenters. The van der Waals surface area contributed by atoms with Crippen molar-refractivity contribution in [2.24, 2.45) is 5.41 Å². The number of nitrogens with one attached hydrogen (secondary N) is 1. The van der Waals surface area contributed by atoms with Crippen LogP contribution in [0.1, 0.15) is 75.9 Å². The van der Waals surface area contributed by atoms with Gasteiger partial charge < -0.3 is 14.7 Å². The van der Waals surface area contributed by atoms with Crippen molar-refractivity contribution in [3.63, 3.8) is 0 Å². The number of halogens is 1. The normalized spacial score (nSPS) is 22.7. The van der Waals surface area contributed by atoms with Gasteiger partial charge in [0.15, 0.2) is 17.3 Å². The molecule has 41 heavy (non-hydrogen) atoms. The number of hydrogen-bond acceptors (Lipinski definition) is 7. The number of hydrogen-bond donors (Lipinski definition) is 1. The summed E-state index contributed by atoms with van der Waals surface area (Å²) in [6, 6.07) is 11.5. The van der Waals surface area contributed by atoms with Crippen LogP contribution >= 0.6 is 0 Å². The number of imidazole rings is 1. The van der Waals surface area contributed by atoms with Gasteiger partial charge in [-0.1, -0.05) is 23.7 Å². The molecule has 0 radical (unpaired) electrons. The van der Waals surface area contributed by atoms with Crippen LogP contribution in [0.25, 0.3) is 16.9 Å². The van der Waals surface area contributed by atoms with Gasteiger partial charge in [-0.3, -0.25) is 9.59 Å². The topological polar surface area (TPSA) is 119 Å².